The van der Waals surface area contributed by atoms with Gasteiger partial charge in [-0.25, -0.2) is 0 Å². The fraction of sp³-hybridized carbons (Fsp3) is 0.727. The van der Waals surface area contributed by atoms with E-state index < -0.39 is 18.2 Å². The van der Waals surface area contributed by atoms with Gasteiger partial charge in [0.1, 0.15) is 12.2 Å². The zero-order valence-electron chi connectivity index (χ0n) is 9.88. The number of imide groups is 1. The average Bonchev–Trinajstić information content (AvgIpc) is 2.67. The molecule has 17 heavy (non-hydrogen) atoms. The van der Waals surface area contributed by atoms with Crippen molar-refractivity contribution in [2.45, 2.75) is 44.9 Å². The molecule has 3 atom stereocenters. The molecule has 0 spiro atoms. The molecule has 2 aliphatic heterocycles. The molecule has 2 amide bonds. The number of likely N-dealkylation sites (tertiary alicyclic amines) is 1. The van der Waals surface area contributed by atoms with Gasteiger partial charge in [-0.05, 0) is 18.8 Å². The first kappa shape index (κ1) is 12.4. The summed E-state index contributed by atoms with van der Waals surface area (Å²) in [6.07, 6.45) is 0.225. The summed E-state index contributed by atoms with van der Waals surface area (Å²) < 4.78 is 5.34. The average molecular weight is 256 g/mol. The molecule has 2 rings (SSSR count). The van der Waals surface area contributed by atoms with E-state index in [9.17, 15) is 9.59 Å². The summed E-state index contributed by atoms with van der Waals surface area (Å²) in [4.78, 5) is 25.6. The van der Waals surface area contributed by atoms with Crippen LogP contribution in [0.4, 0.5) is 0 Å². The fourth-order valence-corrected chi connectivity index (χ4v) is 2.83. The Morgan fingerprint density at radius 1 is 1.35 bits per heavy atom. The van der Waals surface area contributed by atoms with Crippen LogP contribution in [0.3, 0.4) is 0 Å². The van der Waals surface area contributed by atoms with E-state index in [1.807, 2.05) is 13.8 Å². The van der Waals surface area contributed by atoms with Crippen molar-refractivity contribution in [1.29, 1.82) is 0 Å². The number of nitrogens with two attached hydrogens (primary N) is 1. The summed E-state index contributed by atoms with van der Waals surface area (Å²) in [5, 5.41) is 0. The molecule has 0 radical (unpaired) electrons. The summed E-state index contributed by atoms with van der Waals surface area (Å²) in [7, 11) is 0. The molecule has 94 valence electrons. The van der Waals surface area contributed by atoms with E-state index in [0.717, 1.165) is 0 Å². The number of ether oxygens (including phenoxy) is 1. The number of carbonyl (C=O) groups excluding carboxylic acids is 2. The van der Waals surface area contributed by atoms with E-state index in [4.69, 9.17) is 22.7 Å². The minimum Gasteiger partial charge on any atom is -0.392 e. The second kappa shape index (κ2) is 4.34. The maximum absolute atomic E-state index is 12.1. The number of nitrogens with zero attached hydrogens (tertiary/aromatic N) is 1. The van der Waals surface area contributed by atoms with Crippen LogP contribution in [0.25, 0.3) is 0 Å². The Morgan fingerprint density at radius 3 is 2.18 bits per heavy atom. The van der Waals surface area contributed by atoms with Gasteiger partial charge in [0.25, 0.3) is 11.8 Å². The first-order valence-electron chi connectivity index (χ1n) is 5.75. The molecule has 0 saturated carbocycles. The third-order valence-corrected chi connectivity index (χ3v) is 3.49. The third kappa shape index (κ3) is 1.95. The Hall–Kier alpha value is -1.01. The second-order valence-corrected chi connectivity index (χ2v) is 5.30. The molecular formula is C11H16N2O3S. The largest absolute Gasteiger partial charge is 0.392 e. The van der Waals surface area contributed by atoms with Crippen molar-refractivity contribution in [1.82, 2.24) is 4.90 Å². The number of hydrogen-bond donors (Lipinski definition) is 1. The highest BCUT2D eigenvalue weighted by Crippen LogP contribution is 2.31. The van der Waals surface area contributed by atoms with Crippen molar-refractivity contribution in [3.8, 4) is 0 Å². The van der Waals surface area contributed by atoms with Gasteiger partial charge in [0, 0.05) is 0 Å². The Kier molecular flexibility index (Phi) is 3.18. The van der Waals surface area contributed by atoms with Crippen molar-refractivity contribution in [3.05, 3.63) is 0 Å². The van der Waals surface area contributed by atoms with Gasteiger partial charge in [0.2, 0.25) is 0 Å². The molecular weight excluding hydrogens is 240 g/mol. The van der Waals surface area contributed by atoms with Crippen LogP contribution >= 0.6 is 12.2 Å². The molecule has 6 heteroatoms. The van der Waals surface area contributed by atoms with Crippen molar-refractivity contribution in [2.75, 3.05) is 0 Å². The summed E-state index contributed by atoms with van der Waals surface area (Å²) in [5.74, 6) is -0.580. The number of rotatable bonds is 3. The molecule has 0 aliphatic carbocycles. The molecule has 2 bridgehead atoms. The molecule has 2 N–H and O–H groups in total. The van der Waals surface area contributed by atoms with Crippen LogP contribution in [-0.4, -0.2) is 40.0 Å². The lowest BCUT2D eigenvalue weighted by Crippen LogP contribution is -2.60. The lowest BCUT2D eigenvalue weighted by atomic mass is 10.0. The number of fused-ring (bicyclic) bond motifs is 2. The van der Waals surface area contributed by atoms with Gasteiger partial charge in [-0.2, -0.15) is 0 Å². The van der Waals surface area contributed by atoms with Crippen LogP contribution in [0.5, 0.6) is 0 Å². The van der Waals surface area contributed by atoms with E-state index >= 15 is 0 Å². The highest BCUT2D eigenvalue weighted by molar-refractivity contribution is 7.80. The minimum atomic E-state index is -0.503. The third-order valence-electron chi connectivity index (χ3n) is 3.25. The van der Waals surface area contributed by atoms with Crippen molar-refractivity contribution in [2.24, 2.45) is 11.7 Å². The zero-order valence-corrected chi connectivity index (χ0v) is 10.7. The summed E-state index contributed by atoms with van der Waals surface area (Å²) in [6, 6.07) is -0.503. The van der Waals surface area contributed by atoms with Crippen molar-refractivity contribution < 1.29 is 14.3 Å². The lowest BCUT2D eigenvalue weighted by molar-refractivity contribution is -0.170. The monoisotopic (exact) mass is 256 g/mol. The topological polar surface area (TPSA) is 72.6 Å². The SMILES string of the molecule is CC(C)C(C(N)=S)N1C(=O)C2CCC(O2)C1=O. The maximum Gasteiger partial charge on any atom is 0.259 e. The van der Waals surface area contributed by atoms with Crippen LogP contribution in [0, 0.1) is 5.92 Å². The van der Waals surface area contributed by atoms with Crippen LogP contribution in [0.2, 0.25) is 0 Å². The zero-order chi connectivity index (χ0) is 12.7. The fourth-order valence-electron chi connectivity index (χ4n) is 2.45. The van der Waals surface area contributed by atoms with Crippen LogP contribution in [0.15, 0.2) is 0 Å². The Bertz CT molecular complexity index is 361. The molecule has 2 heterocycles. The number of carbonyl (C=O) groups is 2. The van der Waals surface area contributed by atoms with Crippen LogP contribution < -0.4 is 5.73 Å². The Labute approximate surface area is 105 Å². The highest BCUT2D eigenvalue weighted by atomic mass is 32.1. The van der Waals surface area contributed by atoms with Gasteiger partial charge in [-0.15, -0.1) is 0 Å². The van der Waals surface area contributed by atoms with Gasteiger partial charge in [0.15, 0.2) is 0 Å². The molecule has 0 aromatic carbocycles. The predicted octanol–water partition coefficient (Wildman–Crippen LogP) is 0.213. The Morgan fingerprint density at radius 2 is 1.82 bits per heavy atom. The first-order valence-corrected chi connectivity index (χ1v) is 6.16. The van der Waals surface area contributed by atoms with Crippen molar-refractivity contribution in [3.63, 3.8) is 0 Å². The number of hydrogen-bond acceptors (Lipinski definition) is 4. The van der Waals surface area contributed by atoms with Crippen LogP contribution in [0.1, 0.15) is 26.7 Å². The number of thiocarbonyl (C=S) groups is 1. The van der Waals surface area contributed by atoms with Gasteiger partial charge >= 0.3 is 0 Å². The maximum atomic E-state index is 12.1. The number of morpholine rings is 1. The molecule has 3 unspecified atom stereocenters. The summed E-state index contributed by atoms with van der Waals surface area (Å²) >= 11 is 4.97. The molecule has 5 nitrogen and oxygen atoms in total. The molecule has 2 saturated heterocycles. The Balaban J connectivity index is 2.32. The number of amides is 2. The molecule has 0 aromatic heterocycles. The van der Waals surface area contributed by atoms with Gasteiger partial charge in [-0.1, -0.05) is 26.1 Å². The molecule has 0 aromatic rings. The van der Waals surface area contributed by atoms with Gasteiger partial charge in [-0.3, -0.25) is 14.5 Å². The van der Waals surface area contributed by atoms with Crippen molar-refractivity contribution >= 4 is 29.0 Å². The first-order chi connectivity index (χ1) is 7.93. The smallest absolute Gasteiger partial charge is 0.259 e. The van der Waals surface area contributed by atoms with E-state index in [-0.39, 0.29) is 22.7 Å². The van der Waals surface area contributed by atoms with E-state index in [0.29, 0.717) is 12.8 Å². The molecule has 2 fully saturated rings. The predicted molar refractivity (Wildman–Crippen MR) is 65.2 cm³/mol. The van der Waals surface area contributed by atoms with E-state index in [2.05, 4.69) is 0 Å². The standard InChI is InChI=1S/C11H16N2O3S/c1-5(2)8(9(12)17)13-10(14)6-3-4-7(16-6)11(13)15/h5-8H,3-4H2,1-2H3,(H2,12,17). The van der Waals surface area contributed by atoms with Crippen LogP contribution in [-0.2, 0) is 14.3 Å². The summed E-state index contributed by atoms with van der Waals surface area (Å²) in [6.45, 7) is 3.78. The summed E-state index contributed by atoms with van der Waals surface area (Å²) in [5.41, 5.74) is 5.65. The van der Waals surface area contributed by atoms with Gasteiger partial charge < -0.3 is 10.5 Å². The lowest BCUT2D eigenvalue weighted by Gasteiger charge is -2.37. The second-order valence-electron chi connectivity index (χ2n) is 4.83. The molecule has 2 aliphatic rings. The van der Waals surface area contributed by atoms with E-state index in [1.165, 1.54) is 4.90 Å². The minimum absolute atomic E-state index is 0.0119. The van der Waals surface area contributed by atoms with Gasteiger partial charge in [0.05, 0.1) is 11.0 Å². The van der Waals surface area contributed by atoms with E-state index in [1.54, 1.807) is 0 Å². The highest BCUT2D eigenvalue weighted by Gasteiger charge is 2.49. The normalized spacial score (nSPS) is 29.9. The quantitative estimate of drug-likeness (QED) is 0.577.